The summed E-state index contributed by atoms with van der Waals surface area (Å²) in [5, 5.41) is 3.63. The number of rotatable bonds is 8. The lowest BCUT2D eigenvalue weighted by Crippen LogP contribution is -2.37. The van der Waals surface area contributed by atoms with Crippen LogP contribution in [0.1, 0.15) is 34.0 Å². The third-order valence-corrected chi connectivity index (χ3v) is 5.74. The van der Waals surface area contributed by atoms with Gasteiger partial charge in [-0.15, -0.1) is 11.8 Å². The standard InChI is InChI=1S/C22H28FN3O3S/c1-4-30-22-20(15(2)11-19(25-22)26-7-9-29-10-8-26)21(27)24-13-16-5-6-17(14-28-3)18(23)12-16/h5-6,11-12H,4,7-10,13-14H2,1-3H3,(H,24,27). The molecule has 1 aromatic heterocycles. The van der Waals surface area contributed by atoms with Gasteiger partial charge in [0.1, 0.15) is 16.7 Å². The first-order chi connectivity index (χ1) is 14.5. The minimum Gasteiger partial charge on any atom is -0.380 e. The van der Waals surface area contributed by atoms with Gasteiger partial charge in [0, 0.05) is 32.3 Å². The van der Waals surface area contributed by atoms with Gasteiger partial charge in [-0.2, -0.15) is 0 Å². The average Bonchev–Trinajstić information content (AvgIpc) is 2.74. The number of carbonyl (C=O) groups is 1. The van der Waals surface area contributed by atoms with E-state index < -0.39 is 0 Å². The molecule has 2 heterocycles. The molecule has 1 amide bonds. The van der Waals surface area contributed by atoms with E-state index in [2.05, 4.69) is 10.2 Å². The number of aromatic nitrogens is 1. The van der Waals surface area contributed by atoms with E-state index in [-0.39, 0.29) is 24.9 Å². The lowest BCUT2D eigenvalue weighted by Gasteiger charge is -2.28. The highest BCUT2D eigenvalue weighted by Crippen LogP contribution is 2.28. The number of methoxy groups -OCH3 is 1. The Morgan fingerprint density at radius 2 is 2.10 bits per heavy atom. The molecule has 8 heteroatoms. The van der Waals surface area contributed by atoms with Gasteiger partial charge in [0.15, 0.2) is 0 Å². The fourth-order valence-electron chi connectivity index (χ4n) is 3.34. The Morgan fingerprint density at radius 3 is 2.77 bits per heavy atom. The summed E-state index contributed by atoms with van der Waals surface area (Å²) in [5.41, 5.74) is 2.64. The third-order valence-electron chi connectivity index (χ3n) is 4.88. The van der Waals surface area contributed by atoms with Crippen LogP contribution in [0.4, 0.5) is 10.2 Å². The summed E-state index contributed by atoms with van der Waals surface area (Å²) in [4.78, 5) is 19.9. The van der Waals surface area contributed by atoms with Crippen molar-refractivity contribution in [3.8, 4) is 0 Å². The van der Waals surface area contributed by atoms with E-state index in [1.165, 1.54) is 13.2 Å². The van der Waals surface area contributed by atoms with Crippen molar-refractivity contribution in [1.82, 2.24) is 10.3 Å². The SMILES string of the molecule is CCSc1nc(N2CCOCC2)cc(C)c1C(=O)NCc1ccc(COC)c(F)c1. The number of aryl methyl sites for hydroxylation is 1. The molecule has 0 aliphatic carbocycles. The number of nitrogens with one attached hydrogen (secondary N) is 1. The number of halogens is 1. The molecule has 0 unspecified atom stereocenters. The number of amides is 1. The Labute approximate surface area is 181 Å². The molecular weight excluding hydrogens is 405 g/mol. The molecule has 0 radical (unpaired) electrons. The van der Waals surface area contributed by atoms with Gasteiger partial charge >= 0.3 is 0 Å². The summed E-state index contributed by atoms with van der Waals surface area (Å²) >= 11 is 1.55. The van der Waals surface area contributed by atoms with Crippen LogP contribution in [0.5, 0.6) is 0 Å². The van der Waals surface area contributed by atoms with Crippen LogP contribution in [-0.4, -0.2) is 50.1 Å². The molecule has 1 aliphatic heterocycles. The molecule has 30 heavy (non-hydrogen) atoms. The van der Waals surface area contributed by atoms with Crippen molar-refractivity contribution < 1.29 is 18.7 Å². The summed E-state index contributed by atoms with van der Waals surface area (Å²) in [6.07, 6.45) is 0. The second-order valence-electron chi connectivity index (χ2n) is 7.05. The highest BCUT2D eigenvalue weighted by molar-refractivity contribution is 7.99. The average molecular weight is 434 g/mol. The number of pyridine rings is 1. The van der Waals surface area contributed by atoms with Gasteiger partial charge in [0.05, 0.1) is 25.4 Å². The molecule has 1 aromatic carbocycles. The number of anilines is 1. The first-order valence-corrected chi connectivity index (χ1v) is 11.0. The van der Waals surface area contributed by atoms with Crippen molar-refractivity contribution in [2.45, 2.75) is 32.0 Å². The van der Waals surface area contributed by atoms with Crippen LogP contribution in [0.15, 0.2) is 29.3 Å². The maximum atomic E-state index is 14.1. The van der Waals surface area contributed by atoms with Crippen molar-refractivity contribution >= 4 is 23.5 Å². The minimum atomic E-state index is -0.335. The Kier molecular flexibility index (Phi) is 8.07. The van der Waals surface area contributed by atoms with Gasteiger partial charge in [-0.25, -0.2) is 9.37 Å². The Bertz CT molecular complexity index is 888. The lowest BCUT2D eigenvalue weighted by molar-refractivity contribution is 0.0946. The Balaban J connectivity index is 1.76. The zero-order valence-corrected chi connectivity index (χ0v) is 18.5. The second kappa shape index (κ2) is 10.7. The number of morpholine rings is 1. The number of nitrogens with zero attached hydrogens (tertiary/aromatic N) is 2. The third kappa shape index (κ3) is 5.50. The lowest BCUT2D eigenvalue weighted by atomic mass is 10.1. The molecule has 0 spiro atoms. The van der Waals surface area contributed by atoms with Crippen LogP contribution in [0.2, 0.25) is 0 Å². The Morgan fingerprint density at radius 1 is 1.33 bits per heavy atom. The van der Waals surface area contributed by atoms with Crippen LogP contribution in [-0.2, 0) is 22.6 Å². The van der Waals surface area contributed by atoms with E-state index in [0.717, 1.165) is 35.2 Å². The van der Waals surface area contributed by atoms with Crippen LogP contribution >= 0.6 is 11.8 Å². The van der Waals surface area contributed by atoms with E-state index >= 15 is 0 Å². The molecule has 0 atom stereocenters. The normalized spacial score (nSPS) is 14.1. The van der Waals surface area contributed by atoms with E-state index in [1.807, 2.05) is 19.9 Å². The van der Waals surface area contributed by atoms with E-state index in [9.17, 15) is 9.18 Å². The van der Waals surface area contributed by atoms with Gasteiger partial charge in [-0.1, -0.05) is 19.1 Å². The number of hydrogen-bond acceptors (Lipinski definition) is 6. The topological polar surface area (TPSA) is 63.7 Å². The number of hydrogen-bond donors (Lipinski definition) is 1. The largest absolute Gasteiger partial charge is 0.380 e. The molecule has 0 saturated carbocycles. The number of ether oxygens (including phenoxy) is 2. The zero-order chi connectivity index (χ0) is 21.5. The first kappa shape index (κ1) is 22.5. The highest BCUT2D eigenvalue weighted by Gasteiger charge is 2.21. The molecule has 2 aromatic rings. The number of thioether (sulfide) groups is 1. The predicted molar refractivity (Wildman–Crippen MR) is 117 cm³/mol. The van der Waals surface area contributed by atoms with Gasteiger partial charge in [-0.05, 0) is 35.9 Å². The summed E-state index contributed by atoms with van der Waals surface area (Å²) in [6, 6.07) is 6.87. The van der Waals surface area contributed by atoms with Gasteiger partial charge in [-0.3, -0.25) is 4.79 Å². The summed E-state index contributed by atoms with van der Waals surface area (Å²) in [6.45, 7) is 7.37. The van der Waals surface area contributed by atoms with E-state index in [4.69, 9.17) is 14.5 Å². The molecule has 1 N–H and O–H groups in total. The highest BCUT2D eigenvalue weighted by atomic mass is 32.2. The van der Waals surface area contributed by atoms with E-state index in [1.54, 1.807) is 23.9 Å². The second-order valence-corrected chi connectivity index (χ2v) is 8.30. The van der Waals surface area contributed by atoms with Gasteiger partial charge in [0.25, 0.3) is 5.91 Å². The summed E-state index contributed by atoms with van der Waals surface area (Å²) in [5.74, 6) is 1.15. The molecule has 162 valence electrons. The molecule has 1 aliphatic rings. The van der Waals surface area contributed by atoms with Crippen molar-refractivity contribution in [3.63, 3.8) is 0 Å². The molecule has 1 fully saturated rings. The molecular formula is C22H28FN3O3S. The molecule has 1 saturated heterocycles. The van der Waals surface area contributed by atoms with Crippen LogP contribution in [0, 0.1) is 12.7 Å². The molecule has 3 rings (SSSR count). The number of carbonyl (C=O) groups excluding carboxylic acids is 1. The Hall–Kier alpha value is -2.16. The van der Waals surface area contributed by atoms with Gasteiger partial charge < -0.3 is 19.7 Å². The zero-order valence-electron chi connectivity index (χ0n) is 17.7. The van der Waals surface area contributed by atoms with Crippen LogP contribution in [0.3, 0.4) is 0 Å². The van der Waals surface area contributed by atoms with E-state index in [0.29, 0.717) is 29.9 Å². The maximum Gasteiger partial charge on any atom is 0.254 e. The monoisotopic (exact) mass is 433 g/mol. The van der Waals surface area contributed by atoms with Gasteiger partial charge in [0.2, 0.25) is 0 Å². The minimum absolute atomic E-state index is 0.203. The predicted octanol–water partition coefficient (Wildman–Crippen LogP) is 3.55. The first-order valence-electron chi connectivity index (χ1n) is 10.0. The van der Waals surface area contributed by atoms with Crippen molar-refractivity contribution in [2.75, 3.05) is 44.1 Å². The van der Waals surface area contributed by atoms with Crippen molar-refractivity contribution in [3.05, 3.63) is 52.3 Å². The number of benzene rings is 1. The summed E-state index contributed by atoms with van der Waals surface area (Å²) in [7, 11) is 1.53. The molecule has 6 nitrogen and oxygen atoms in total. The van der Waals surface area contributed by atoms with Crippen LogP contribution in [0.25, 0.3) is 0 Å². The fraction of sp³-hybridized carbons (Fsp3) is 0.455. The maximum absolute atomic E-state index is 14.1. The van der Waals surface area contributed by atoms with Crippen LogP contribution < -0.4 is 10.2 Å². The fourth-order valence-corrected chi connectivity index (χ4v) is 4.17. The smallest absolute Gasteiger partial charge is 0.254 e. The quantitative estimate of drug-likeness (QED) is 0.643. The molecule has 0 bridgehead atoms. The van der Waals surface area contributed by atoms with Crippen molar-refractivity contribution in [2.24, 2.45) is 0 Å². The van der Waals surface area contributed by atoms with Crippen molar-refractivity contribution in [1.29, 1.82) is 0 Å². The summed E-state index contributed by atoms with van der Waals surface area (Å²) < 4.78 is 24.5.